The van der Waals surface area contributed by atoms with Crippen LogP contribution in [0.1, 0.15) is 73.8 Å². The Kier molecular flexibility index (Phi) is 4.11. The molecule has 2 nitrogen and oxygen atoms in total. The number of ketones is 1. The maximum atomic E-state index is 11.4. The van der Waals surface area contributed by atoms with E-state index in [2.05, 4.69) is 39.9 Å². The quantitative estimate of drug-likeness (QED) is 0.659. The predicted molar refractivity (Wildman–Crippen MR) is 104 cm³/mol. The number of thiophene rings is 1. The molecule has 2 aromatic rings. The van der Waals surface area contributed by atoms with Crippen LogP contribution in [0, 0.1) is 6.92 Å². The SMILES string of the molecule is CC(=O)c1ccc(Nc2sc3c(c2C)C(C)(C)CCC3(C)C)cc1. The van der Waals surface area contributed by atoms with Crippen molar-refractivity contribution in [2.45, 2.75) is 65.2 Å². The Balaban J connectivity index is 1.98. The van der Waals surface area contributed by atoms with Crippen molar-refractivity contribution in [1.29, 1.82) is 0 Å². The summed E-state index contributed by atoms with van der Waals surface area (Å²) >= 11 is 1.90. The highest BCUT2D eigenvalue weighted by atomic mass is 32.1. The summed E-state index contributed by atoms with van der Waals surface area (Å²) in [5.41, 5.74) is 5.19. The summed E-state index contributed by atoms with van der Waals surface area (Å²) in [5.74, 6) is 0.104. The number of anilines is 2. The molecule has 0 spiro atoms. The fourth-order valence-electron chi connectivity index (χ4n) is 3.71. The molecule has 3 heteroatoms. The van der Waals surface area contributed by atoms with E-state index in [-0.39, 0.29) is 16.6 Å². The Morgan fingerprint density at radius 1 is 1.04 bits per heavy atom. The highest BCUT2D eigenvalue weighted by Gasteiger charge is 2.40. The molecule has 0 amide bonds. The molecular weight excluding hydrogens is 314 g/mol. The van der Waals surface area contributed by atoms with Crippen molar-refractivity contribution in [2.24, 2.45) is 0 Å². The van der Waals surface area contributed by atoms with Crippen LogP contribution in [0.2, 0.25) is 0 Å². The van der Waals surface area contributed by atoms with Crippen LogP contribution in [-0.4, -0.2) is 5.78 Å². The summed E-state index contributed by atoms with van der Waals surface area (Å²) in [6.45, 7) is 13.3. The number of benzene rings is 1. The molecule has 0 fully saturated rings. The molecule has 0 atom stereocenters. The zero-order valence-electron chi connectivity index (χ0n) is 15.5. The van der Waals surface area contributed by atoms with Gasteiger partial charge in [-0.1, -0.05) is 27.7 Å². The largest absolute Gasteiger partial charge is 0.347 e. The molecule has 0 bridgehead atoms. The van der Waals surface area contributed by atoms with E-state index in [9.17, 15) is 4.79 Å². The van der Waals surface area contributed by atoms with E-state index in [1.54, 1.807) is 6.92 Å². The number of fused-ring (bicyclic) bond motifs is 1. The van der Waals surface area contributed by atoms with Gasteiger partial charge in [0.15, 0.2) is 5.78 Å². The minimum atomic E-state index is 0.104. The third kappa shape index (κ3) is 2.90. The zero-order chi connectivity index (χ0) is 17.7. The molecule has 3 rings (SSSR count). The summed E-state index contributed by atoms with van der Waals surface area (Å²) in [6, 6.07) is 7.76. The van der Waals surface area contributed by atoms with Gasteiger partial charge >= 0.3 is 0 Å². The number of nitrogens with one attached hydrogen (secondary N) is 1. The van der Waals surface area contributed by atoms with Crippen molar-refractivity contribution in [1.82, 2.24) is 0 Å². The number of rotatable bonds is 3. The first kappa shape index (κ1) is 17.2. The molecule has 0 aliphatic heterocycles. The first-order valence-electron chi connectivity index (χ1n) is 8.64. The normalized spacial score (nSPS) is 18.1. The molecule has 1 aliphatic rings. The number of hydrogen-bond acceptors (Lipinski definition) is 3. The standard InChI is InChI=1S/C21H27NOS/c1-13-17-18(21(5,6)12-11-20(17,3)4)24-19(13)22-16-9-7-15(8-10-16)14(2)23/h7-10,22H,11-12H2,1-6H3. The fourth-order valence-corrected chi connectivity index (χ4v) is 5.25. The lowest BCUT2D eigenvalue weighted by Gasteiger charge is -2.39. The molecular formula is C21H27NOS. The average molecular weight is 342 g/mol. The van der Waals surface area contributed by atoms with Crippen LogP contribution in [0.3, 0.4) is 0 Å². The van der Waals surface area contributed by atoms with E-state index in [4.69, 9.17) is 0 Å². The second-order valence-corrected chi connectivity index (χ2v) is 9.31. The van der Waals surface area contributed by atoms with E-state index < -0.39 is 0 Å². The lowest BCUT2D eigenvalue weighted by Crippen LogP contribution is -2.32. The second-order valence-electron chi connectivity index (χ2n) is 8.29. The van der Waals surface area contributed by atoms with Gasteiger partial charge in [-0.25, -0.2) is 0 Å². The van der Waals surface area contributed by atoms with Crippen molar-refractivity contribution < 1.29 is 4.79 Å². The van der Waals surface area contributed by atoms with Crippen LogP contribution in [0.25, 0.3) is 0 Å². The Hall–Kier alpha value is -1.61. The zero-order valence-corrected chi connectivity index (χ0v) is 16.4. The van der Waals surface area contributed by atoms with E-state index in [0.717, 1.165) is 11.3 Å². The molecule has 24 heavy (non-hydrogen) atoms. The van der Waals surface area contributed by atoms with Crippen LogP contribution < -0.4 is 5.32 Å². The summed E-state index contributed by atoms with van der Waals surface area (Å²) in [4.78, 5) is 13.0. The van der Waals surface area contributed by atoms with Gasteiger partial charge in [-0.2, -0.15) is 0 Å². The van der Waals surface area contributed by atoms with Gasteiger partial charge in [-0.3, -0.25) is 4.79 Å². The van der Waals surface area contributed by atoms with Gasteiger partial charge < -0.3 is 5.32 Å². The number of hydrogen-bond donors (Lipinski definition) is 1. The summed E-state index contributed by atoms with van der Waals surface area (Å²) in [5, 5.41) is 4.81. The van der Waals surface area contributed by atoms with Crippen molar-refractivity contribution in [2.75, 3.05) is 5.32 Å². The first-order chi connectivity index (χ1) is 11.1. The summed E-state index contributed by atoms with van der Waals surface area (Å²) in [6.07, 6.45) is 2.47. The lowest BCUT2D eigenvalue weighted by atomic mass is 9.66. The van der Waals surface area contributed by atoms with Gasteiger partial charge in [0, 0.05) is 16.1 Å². The van der Waals surface area contributed by atoms with Gasteiger partial charge in [0.05, 0.1) is 5.00 Å². The second kappa shape index (κ2) is 5.73. The molecule has 1 aliphatic carbocycles. The molecule has 0 saturated carbocycles. The molecule has 1 aromatic heterocycles. The minimum Gasteiger partial charge on any atom is -0.347 e. The molecule has 0 unspecified atom stereocenters. The third-order valence-corrected chi connectivity index (χ3v) is 6.94. The Morgan fingerprint density at radius 3 is 2.17 bits per heavy atom. The molecule has 1 N–H and O–H groups in total. The molecule has 1 heterocycles. The maximum Gasteiger partial charge on any atom is 0.159 e. The summed E-state index contributed by atoms with van der Waals surface area (Å²) in [7, 11) is 0. The topological polar surface area (TPSA) is 29.1 Å². The molecule has 1 aromatic carbocycles. The Bertz CT molecular complexity index is 781. The van der Waals surface area contributed by atoms with Crippen LogP contribution in [0.15, 0.2) is 24.3 Å². The van der Waals surface area contributed by atoms with E-state index in [0.29, 0.717) is 0 Å². The Morgan fingerprint density at radius 2 is 1.62 bits per heavy atom. The molecule has 128 valence electrons. The van der Waals surface area contributed by atoms with Crippen LogP contribution in [0.4, 0.5) is 10.7 Å². The van der Waals surface area contributed by atoms with Crippen LogP contribution in [-0.2, 0) is 10.8 Å². The van der Waals surface area contributed by atoms with Crippen molar-refractivity contribution >= 4 is 27.8 Å². The van der Waals surface area contributed by atoms with Gasteiger partial charge in [-0.15, -0.1) is 11.3 Å². The fraction of sp³-hybridized carbons (Fsp3) is 0.476. The summed E-state index contributed by atoms with van der Waals surface area (Å²) < 4.78 is 0. The molecule has 0 radical (unpaired) electrons. The lowest BCUT2D eigenvalue weighted by molar-refractivity contribution is 0.101. The highest BCUT2D eigenvalue weighted by Crippen LogP contribution is 2.53. The Labute approximate surface area is 149 Å². The van der Waals surface area contributed by atoms with Gasteiger partial charge in [0.1, 0.15) is 0 Å². The molecule has 0 saturated heterocycles. The average Bonchev–Trinajstić information content (AvgIpc) is 2.84. The van der Waals surface area contributed by atoms with E-state index >= 15 is 0 Å². The van der Waals surface area contributed by atoms with Crippen LogP contribution in [0.5, 0.6) is 0 Å². The highest BCUT2D eigenvalue weighted by molar-refractivity contribution is 7.16. The van der Waals surface area contributed by atoms with Gasteiger partial charge in [-0.05, 0) is 72.9 Å². The van der Waals surface area contributed by atoms with E-state index in [1.165, 1.54) is 33.8 Å². The number of Topliss-reactive ketones (excluding diaryl/α,β-unsaturated/α-hetero) is 1. The third-order valence-electron chi connectivity index (χ3n) is 5.36. The number of carbonyl (C=O) groups is 1. The maximum absolute atomic E-state index is 11.4. The van der Waals surface area contributed by atoms with Crippen molar-refractivity contribution in [3.05, 3.63) is 45.8 Å². The minimum absolute atomic E-state index is 0.104. The smallest absolute Gasteiger partial charge is 0.159 e. The van der Waals surface area contributed by atoms with Gasteiger partial charge in [0.2, 0.25) is 0 Å². The number of carbonyl (C=O) groups excluding carboxylic acids is 1. The van der Waals surface area contributed by atoms with Crippen molar-refractivity contribution in [3.63, 3.8) is 0 Å². The van der Waals surface area contributed by atoms with Crippen LogP contribution >= 0.6 is 11.3 Å². The predicted octanol–water partition coefficient (Wildman–Crippen LogP) is 6.35. The monoisotopic (exact) mass is 341 g/mol. The van der Waals surface area contributed by atoms with E-state index in [1.807, 2.05) is 35.6 Å². The first-order valence-corrected chi connectivity index (χ1v) is 9.46. The van der Waals surface area contributed by atoms with Gasteiger partial charge in [0.25, 0.3) is 0 Å². The van der Waals surface area contributed by atoms with Crippen molar-refractivity contribution in [3.8, 4) is 0 Å².